The zero-order valence-corrected chi connectivity index (χ0v) is 17.8. The summed E-state index contributed by atoms with van der Waals surface area (Å²) in [6, 6.07) is 10.9. The Labute approximate surface area is 185 Å². The van der Waals surface area contributed by atoms with Crippen LogP contribution in [0.15, 0.2) is 48.5 Å². The predicted molar refractivity (Wildman–Crippen MR) is 117 cm³/mol. The highest BCUT2D eigenvalue weighted by atomic mass is 19.1. The number of carbonyl (C=O) groups is 3. The highest BCUT2D eigenvalue weighted by Gasteiger charge is 2.46. The molecule has 7 nitrogen and oxygen atoms in total. The van der Waals surface area contributed by atoms with E-state index in [9.17, 15) is 18.8 Å². The van der Waals surface area contributed by atoms with Gasteiger partial charge in [-0.1, -0.05) is 18.9 Å². The van der Waals surface area contributed by atoms with Crippen LogP contribution in [0.2, 0.25) is 0 Å². The Kier molecular flexibility index (Phi) is 6.39. The third-order valence-electron chi connectivity index (χ3n) is 6.11. The molecular formula is C24H26FN3O4. The van der Waals surface area contributed by atoms with Crippen LogP contribution in [0.25, 0.3) is 0 Å². The van der Waals surface area contributed by atoms with Crippen LogP contribution in [0.5, 0.6) is 5.75 Å². The first-order valence-corrected chi connectivity index (χ1v) is 10.8. The lowest BCUT2D eigenvalue weighted by Gasteiger charge is -2.48. The molecule has 0 bridgehead atoms. The minimum absolute atomic E-state index is 0.140. The van der Waals surface area contributed by atoms with E-state index in [4.69, 9.17) is 4.74 Å². The normalized spacial score (nSPS) is 22.5. The first kappa shape index (κ1) is 21.8. The fourth-order valence-electron chi connectivity index (χ4n) is 4.56. The number of piperazine rings is 1. The largest absolute Gasteiger partial charge is 0.497 e. The second kappa shape index (κ2) is 9.38. The summed E-state index contributed by atoms with van der Waals surface area (Å²) >= 11 is 0. The Hall–Kier alpha value is -3.42. The number of amides is 3. The van der Waals surface area contributed by atoms with Gasteiger partial charge in [0.2, 0.25) is 11.8 Å². The third-order valence-corrected chi connectivity index (χ3v) is 6.11. The van der Waals surface area contributed by atoms with Gasteiger partial charge >= 0.3 is 0 Å². The molecule has 1 aliphatic carbocycles. The molecular weight excluding hydrogens is 413 g/mol. The molecule has 2 aromatic carbocycles. The summed E-state index contributed by atoms with van der Waals surface area (Å²) in [4.78, 5) is 40.8. The maximum atomic E-state index is 13.4. The van der Waals surface area contributed by atoms with Gasteiger partial charge in [-0.25, -0.2) is 4.39 Å². The van der Waals surface area contributed by atoms with Crippen LogP contribution in [0.4, 0.5) is 10.1 Å². The molecule has 1 heterocycles. The number of fused-ring (bicyclic) bond motifs is 1. The molecule has 4 rings (SSSR count). The van der Waals surface area contributed by atoms with E-state index in [0.29, 0.717) is 17.0 Å². The molecule has 8 heteroatoms. The number of anilines is 1. The summed E-state index contributed by atoms with van der Waals surface area (Å²) in [5, 5.41) is 5.79. The summed E-state index contributed by atoms with van der Waals surface area (Å²) < 4.78 is 18.6. The Morgan fingerprint density at radius 3 is 2.66 bits per heavy atom. The fraction of sp³-hybridized carbons (Fsp3) is 0.375. The Balaban J connectivity index is 1.58. The molecule has 2 fully saturated rings. The number of ether oxygens (including phenoxy) is 1. The molecule has 2 N–H and O–H groups in total. The zero-order valence-electron chi connectivity index (χ0n) is 17.8. The summed E-state index contributed by atoms with van der Waals surface area (Å²) in [6.45, 7) is 0. The minimum atomic E-state index is -0.947. The van der Waals surface area contributed by atoms with Gasteiger partial charge in [-0.3, -0.25) is 14.4 Å². The topological polar surface area (TPSA) is 87.7 Å². The van der Waals surface area contributed by atoms with Crippen molar-refractivity contribution in [2.24, 2.45) is 0 Å². The monoisotopic (exact) mass is 439 g/mol. The van der Waals surface area contributed by atoms with Crippen LogP contribution < -0.4 is 15.4 Å². The Bertz CT molecular complexity index is 1010. The van der Waals surface area contributed by atoms with E-state index in [-0.39, 0.29) is 36.2 Å². The van der Waals surface area contributed by atoms with Gasteiger partial charge in [0, 0.05) is 23.4 Å². The van der Waals surface area contributed by atoms with Gasteiger partial charge in [-0.15, -0.1) is 0 Å². The molecule has 32 heavy (non-hydrogen) atoms. The summed E-state index contributed by atoms with van der Waals surface area (Å²) in [5.74, 6) is -0.941. The van der Waals surface area contributed by atoms with Gasteiger partial charge in [0.05, 0.1) is 19.6 Å². The Morgan fingerprint density at radius 1 is 1.16 bits per heavy atom. The minimum Gasteiger partial charge on any atom is -0.497 e. The maximum absolute atomic E-state index is 13.4. The molecule has 2 aromatic rings. The molecule has 168 valence electrons. The van der Waals surface area contributed by atoms with Crippen LogP contribution in [-0.2, 0) is 9.59 Å². The molecule has 1 saturated heterocycles. The second-order valence-electron chi connectivity index (χ2n) is 8.19. The van der Waals surface area contributed by atoms with E-state index < -0.39 is 11.9 Å². The lowest BCUT2D eigenvalue weighted by molar-refractivity contribution is -0.135. The van der Waals surface area contributed by atoms with E-state index >= 15 is 0 Å². The number of methoxy groups -OCH3 is 1. The van der Waals surface area contributed by atoms with E-state index in [2.05, 4.69) is 10.6 Å². The number of hydrogen-bond acceptors (Lipinski definition) is 4. The lowest BCUT2D eigenvalue weighted by Crippen LogP contribution is -2.68. The standard InChI is InChI=1S/C24H26FN3O4/c1-32-18-6-4-5-17(13-18)26-22(29)14-21-23(30)27-19-7-2-3-8-20(19)28(21)24(31)15-9-11-16(25)12-10-15/h4-6,9-13,19-21H,2-3,7-8,14H2,1H3,(H,26,29)(H,27,30)/t19-,20+,21+/m0/s1. The van der Waals surface area contributed by atoms with Crippen LogP contribution in [0, 0.1) is 5.82 Å². The second-order valence-corrected chi connectivity index (χ2v) is 8.19. The first-order chi connectivity index (χ1) is 15.5. The highest BCUT2D eigenvalue weighted by Crippen LogP contribution is 2.31. The highest BCUT2D eigenvalue weighted by molar-refractivity contribution is 6.01. The van der Waals surface area contributed by atoms with Crippen molar-refractivity contribution >= 4 is 23.4 Å². The average Bonchev–Trinajstić information content (AvgIpc) is 2.79. The van der Waals surface area contributed by atoms with Crippen LogP contribution in [-0.4, -0.2) is 47.9 Å². The number of nitrogens with zero attached hydrogens (tertiary/aromatic N) is 1. The van der Waals surface area contributed by atoms with Crippen molar-refractivity contribution in [2.45, 2.75) is 50.2 Å². The number of rotatable bonds is 5. The molecule has 0 aromatic heterocycles. The number of benzene rings is 2. The summed E-state index contributed by atoms with van der Waals surface area (Å²) in [5.41, 5.74) is 0.834. The number of hydrogen-bond donors (Lipinski definition) is 2. The smallest absolute Gasteiger partial charge is 0.254 e. The quantitative estimate of drug-likeness (QED) is 0.750. The van der Waals surface area contributed by atoms with Crippen LogP contribution >= 0.6 is 0 Å². The van der Waals surface area contributed by atoms with E-state index in [1.807, 2.05) is 0 Å². The van der Waals surface area contributed by atoms with Crippen molar-refractivity contribution in [1.82, 2.24) is 10.2 Å². The van der Waals surface area contributed by atoms with Gasteiger partial charge in [-0.05, 0) is 49.2 Å². The Morgan fingerprint density at radius 2 is 1.91 bits per heavy atom. The first-order valence-electron chi connectivity index (χ1n) is 10.8. The van der Waals surface area contributed by atoms with Gasteiger partial charge in [-0.2, -0.15) is 0 Å². The van der Waals surface area contributed by atoms with E-state index in [1.165, 1.54) is 31.4 Å². The number of halogens is 1. The van der Waals surface area contributed by atoms with Crippen LogP contribution in [0.3, 0.4) is 0 Å². The van der Waals surface area contributed by atoms with Crippen molar-refractivity contribution in [3.8, 4) is 5.75 Å². The predicted octanol–water partition coefficient (Wildman–Crippen LogP) is 3.11. The third kappa shape index (κ3) is 4.59. The van der Waals surface area contributed by atoms with Crippen LogP contribution in [0.1, 0.15) is 42.5 Å². The van der Waals surface area contributed by atoms with Gasteiger partial charge in [0.1, 0.15) is 17.6 Å². The van der Waals surface area contributed by atoms with Crippen molar-refractivity contribution in [3.05, 3.63) is 59.9 Å². The molecule has 2 aliphatic rings. The molecule has 0 radical (unpaired) electrons. The summed E-state index contributed by atoms with van der Waals surface area (Å²) in [6.07, 6.45) is 3.26. The van der Waals surface area contributed by atoms with E-state index in [0.717, 1.165) is 25.7 Å². The maximum Gasteiger partial charge on any atom is 0.254 e. The number of carbonyl (C=O) groups excluding carboxylic acids is 3. The molecule has 0 unspecified atom stereocenters. The molecule has 0 spiro atoms. The fourth-order valence-corrected chi connectivity index (χ4v) is 4.56. The van der Waals surface area contributed by atoms with Crippen molar-refractivity contribution in [3.63, 3.8) is 0 Å². The molecule has 3 atom stereocenters. The van der Waals surface area contributed by atoms with Crippen molar-refractivity contribution < 1.29 is 23.5 Å². The van der Waals surface area contributed by atoms with Crippen molar-refractivity contribution in [2.75, 3.05) is 12.4 Å². The zero-order chi connectivity index (χ0) is 22.7. The van der Waals surface area contributed by atoms with E-state index in [1.54, 1.807) is 29.2 Å². The number of nitrogens with one attached hydrogen (secondary N) is 2. The van der Waals surface area contributed by atoms with Gasteiger partial charge in [0.25, 0.3) is 5.91 Å². The molecule has 1 saturated carbocycles. The summed E-state index contributed by atoms with van der Waals surface area (Å²) in [7, 11) is 1.53. The van der Waals surface area contributed by atoms with Gasteiger partial charge < -0.3 is 20.3 Å². The lowest BCUT2D eigenvalue weighted by atomic mass is 9.84. The van der Waals surface area contributed by atoms with Gasteiger partial charge in [0.15, 0.2) is 0 Å². The average molecular weight is 439 g/mol. The molecule has 3 amide bonds. The SMILES string of the molecule is COc1cccc(NC(=O)C[C@@H]2C(=O)N[C@H]3CCCC[C@H]3N2C(=O)c2ccc(F)cc2)c1. The van der Waals surface area contributed by atoms with Crippen molar-refractivity contribution in [1.29, 1.82) is 0 Å². The molecule has 1 aliphatic heterocycles.